The van der Waals surface area contributed by atoms with Crippen LogP contribution in [0.1, 0.15) is 0 Å². The molecule has 0 saturated heterocycles. The summed E-state index contributed by atoms with van der Waals surface area (Å²) in [5.41, 5.74) is 0. The fraction of sp³-hybridized carbons (Fsp3) is 0.375. The first kappa shape index (κ1) is 11.1. The van der Waals surface area contributed by atoms with Gasteiger partial charge in [-0.1, -0.05) is 11.6 Å². The molecule has 2 nitrogen and oxygen atoms in total. The summed E-state index contributed by atoms with van der Waals surface area (Å²) in [5, 5.41) is 0.397. The molecule has 0 spiro atoms. The van der Waals surface area contributed by atoms with Gasteiger partial charge in [-0.25, -0.2) is 4.98 Å². The predicted molar refractivity (Wildman–Crippen MR) is 48.6 cm³/mol. The Morgan fingerprint density at radius 1 is 1.43 bits per heavy atom. The topological polar surface area (TPSA) is 16.1 Å². The molecule has 1 heterocycles. The highest BCUT2D eigenvalue weighted by Crippen LogP contribution is 2.19. The molecule has 0 unspecified atom stereocenters. The molecular weight excluding hydrogens is 217 g/mol. The van der Waals surface area contributed by atoms with Crippen LogP contribution in [0.2, 0.25) is 5.02 Å². The van der Waals surface area contributed by atoms with Crippen molar-refractivity contribution in [3.63, 3.8) is 0 Å². The van der Waals surface area contributed by atoms with Gasteiger partial charge in [-0.3, -0.25) is 0 Å². The van der Waals surface area contributed by atoms with Gasteiger partial charge >= 0.3 is 6.18 Å². The monoisotopic (exact) mass is 224 g/mol. The lowest BCUT2D eigenvalue weighted by molar-refractivity contribution is -0.119. The van der Waals surface area contributed by atoms with E-state index >= 15 is 0 Å². The zero-order valence-corrected chi connectivity index (χ0v) is 8.10. The highest BCUT2D eigenvalue weighted by molar-refractivity contribution is 6.30. The van der Waals surface area contributed by atoms with Gasteiger partial charge in [-0.2, -0.15) is 13.2 Å². The van der Waals surface area contributed by atoms with E-state index in [2.05, 4.69) is 4.98 Å². The van der Waals surface area contributed by atoms with E-state index in [1.807, 2.05) is 0 Å². The van der Waals surface area contributed by atoms with E-state index in [-0.39, 0.29) is 5.82 Å². The maximum Gasteiger partial charge on any atom is 0.405 e. The van der Waals surface area contributed by atoms with Crippen LogP contribution in [0.25, 0.3) is 0 Å². The number of pyridine rings is 1. The average Bonchev–Trinajstić information content (AvgIpc) is 2.02. The molecule has 0 aromatic carbocycles. The SMILES string of the molecule is CN(CC(F)(F)F)c1ccc(Cl)cn1. The minimum absolute atomic E-state index is 0.242. The molecule has 0 bridgehead atoms. The van der Waals surface area contributed by atoms with Crippen LogP contribution in [0.15, 0.2) is 18.3 Å². The summed E-state index contributed by atoms with van der Waals surface area (Å²) < 4.78 is 35.9. The fourth-order valence-electron chi connectivity index (χ4n) is 0.944. The summed E-state index contributed by atoms with van der Waals surface area (Å²) >= 11 is 5.55. The van der Waals surface area contributed by atoms with E-state index in [1.165, 1.54) is 25.4 Å². The quantitative estimate of drug-likeness (QED) is 0.768. The van der Waals surface area contributed by atoms with E-state index in [0.717, 1.165) is 4.90 Å². The minimum Gasteiger partial charge on any atom is -0.351 e. The number of rotatable bonds is 2. The van der Waals surface area contributed by atoms with Gasteiger partial charge in [-0.05, 0) is 12.1 Å². The van der Waals surface area contributed by atoms with Crippen LogP contribution in [0.4, 0.5) is 19.0 Å². The first-order valence-corrected chi connectivity index (χ1v) is 4.16. The van der Waals surface area contributed by atoms with Gasteiger partial charge in [0.15, 0.2) is 0 Å². The van der Waals surface area contributed by atoms with Crippen LogP contribution in [-0.2, 0) is 0 Å². The molecule has 0 radical (unpaired) electrons. The Balaban J connectivity index is 2.70. The summed E-state index contributed by atoms with van der Waals surface area (Å²) in [6.07, 6.45) is -2.92. The molecule has 0 N–H and O–H groups in total. The molecular formula is C8H8ClF3N2. The third kappa shape index (κ3) is 3.41. The van der Waals surface area contributed by atoms with E-state index in [1.54, 1.807) is 0 Å². The summed E-state index contributed by atoms with van der Waals surface area (Å²) in [4.78, 5) is 4.77. The number of aromatic nitrogens is 1. The molecule has 14 heavy (non-hydrogen) atoms. The Bertz CT molecular complexity index is 296. The van der Waals surface area contributed by atoms with Gasteiger partial charge in [0.25, 0.3) is 0 Å². The Hall–Kier alpha value is -0.970. The molecule has 1 aromatic rings. The number of halogens is 4. The van der Waals surface area contributed by atoms with Crippen LogP contribution < -0.4 is 4.90 Å². The largest absolute Gasteiger partial charge is 0.405 e. The molecule has 1 rings (SSSR count). The Morgan fingerprint density at radius 3 is 2.50 bits per heavy atom. The van der Waals surface area contributed by atoms with Crippen LogP contribution in [0.3, 0.4) is 0 Å². The third-order valence-electron chi connectivity index (χ3n) is 1.52. The summed E-state index contributed by atoms with van der Waals surface area (Å²) in [7, 11) is 1.32. The van der Waals surface area contributed by atoms with Crippen molar-refractivity contribution in [3.8, 4) is 0 Å². The molecule has 0 saturated carbocycles. The Labute approximate surface area is 84.3 Å². The normalized spacial score (nSPS) is 11.5. The van der Waals surface area contributed by atoms with Gasteiger partial charge in [0.1, 0.15) is 12.4 Å². The molecule has 1 aromatic heterocycles. The zero-order chi connectivity index (χ0) is 10.8. The fourth-order valence-corrected chi connectivity index (χ4v) is 1.06. The summed E-state index contributed by atoms with van der Waals surface area (Å²) in [6.45, 7) is -1.03. The van der Waals surface area contributed by atoms with E-state index in [4.69, 9.17) is 11.6 Å². The maximum atomic E-state index is 12.0. The molecule has 0 fully saturated rings. The van der Waals surface area contributed by atoms with E-state index in [9.17, 15) is 13.2 Å². The van der Waals surface area contributed by atoms with Crippen LogP contribution in [-0.4, -0.2) is 24.8 Å². The lowest BCUT2D eigenvalue weighted by Crippen LogP contribution is -2.31. The third-order valence-corrected chi connectivity index (χ3v) is 1.74. The maximum absolute atomic E-state index is 12.0. The van der Waals surface area contributed by atoms with Gasteiger partial charge in [0.2, 0.25) is 0 Å². The van der Waals surface area contributed by atoms with Crippen molar-refractivity contribution in [1.82, 2.24) is 4.98 Å². The second-order valence-electron chi connectivity index (χ2n) is 2.81. The van der Waals surface area contributed by atoms with Gasteiger partial charge in [0, 0.05) is 13.2 Å². The number of hydrogen-bond acceptors (Lipinski definition) is 2. The zero-order valence-electron chi connectivity index (χ0n) is 7.35. The highest BCUT2D eigenvalue weighted by atomic mass is 35.5. The van der Waals surface area contributed by atoms with Crippen molar-refractivity contribution in [2.24, 2.45) is 0 Å². The molecule has 0 atom stereocenters. The Kier molecular flexibility index (Phi) is 3.21. The second kappa shape index (κ2) is 4.04. The van der Waals surface area contributed by atoms with Crippen molar-refractivity contribution in [1.29, 1.82) is 0 Å². The van der Waals surface area contributed by atoms with Crippen molar-refractivity contribution in [3.05, 3.63) is 23.4 Å². The van der Waals surface area contributed by atoms with Crippen molar-refractivity contribution < 1.29 is 13.2 Å². The number of hydrogen-bond donors (Lipinski definition) is 0. The Morgan fingerprint density at radius 2 is 2.07 bits per heavy atom. The average molecular weight is 225 g/mol. The van der Waals surface area contributed by atoms with Crippen molar-refractivity contribution >= 4 is 17.4 Å². The lowest BCUT2D eigenvalue weighted by atomic mass is 10.4. The second-order valence-corrected chi connectivity index (χ2v) is 3.24. The lowest BCUT2D eigenvalue weighted by Gasteiger charge is -2.19. The van der Waals surface area contributed by atoms with Gasteiger partial charge in [0.05, 0.1) is 5.02 Å². The minimum atomic E-state index is -4.23. The molecule has 6 heteroatoms. The highest BCUT2D eigenvalue weighted by Gasteiger charge is 2.29. The first-order valence-electron chi connectivity index (χ1n) is 3.78. The van der Waals surface area contributed by atoms with Crippen LogP contribution in [0.5, 0.6) is 0 Å². The molecule has 0 amide bonds. The van der Waals surface area contributed by atoms with Crippen molar-refractivity contribution in [2.75, 3.05) is 18.5 Å². The van der Waals surface area contributed by atoms with Gasteiger partial charge < -0.3 is 4.90 Å². The van der Waals surface area contributed by atoms with Crippen molar-refractivity contribution in [2.45, 2.75) is 6.18 Å². The first-order chi connectivity index (χ1) is 6.38. The van der Waals surface area contributed by atoms with E-state index < -0.39 is 12.7 Å². The van der Waals surface area contributed by atoms with Crippen LogP contribution >= 0.6 is 11.6 Å². The predicted octanol–water partition coefficient (Wildman–Crippen LogP) is 2.73. The number of nitrogens with zero attached hydrogens (tertiary/aromatic N) is 2. The number of alkyl halides is 3. The summed E-state index contributed by atoms with van der Waals surface area (Å²) in [5.74, 6) is 0.242. The number of anilines is 1. The van der Waals surface area contributed by atoms with E-state index in [0.29, 0.717) is 5.02 Å². The smallest absolute Gasteiger partial charge is 0.351 e. The molecule has 78 valence electrons. The standard InChI is InChI=1S/C8H8ClF3N2/c1-14(5-8(10,11)12)7-3-2-6(9)4-13-7/h2-4H,5H2,1H3. The summed E-state index contributed by atoms with van der Waals surface area (Å²) in [6, 6.07) is 2.94. The van der Waals surface area contributed by atoms with Gasteiger partial charge in [-0.15, -0.1) is 0 Å². The van der Waals surface area contributed by atoms with Crippen LogP contribution in [0, 0.1) is 0 Å². The molecule has 0 aliphatic rings. The molecule has 0 aliphatic carbocycles. The molecule has 0 aliphatic heterocycles.